The Morgan fingerprint density at radius 3 is 2.54 bits per heavy atom. The van der Waals surface area contributed by atoms with E-state index in [4.69, 9.17) is 9.84 Å². The minimum Gasteiger partial charge on any atom is -0.394 e. The Morgan fingerprint density at radius 1 is 1.54 bits per heavy atom. The van der Waals surface area contributed by atoms with Crippen molar-refractivity contribution in [1.82, 2.24) is 5.32 Å². The molecule has 1 amide bonds. The van der Waals surface area contributed by atoms with E-state index < -0.39 is 31.1 Å². The largest absolute Gasteiger partial charge is 0.394 e. The van der Waals surface area contributed by atoms with Gasteiger partial charge in [-0.05, 0) is 0 Å². The molecule has 1 aliphatic heterocycles. The fraction of sp³-hybridized carbons (Fsp3) is 0.857. The third kappa shape index (κ3) is 2.16. The normalized spacial score (nSPS) is 39.1. The molecule has 6 nitrogen and oxygen atoms in total. The lowest BCUT2D eigenvalue weighted by molar-refractivity contribution is -0.127. The molecule has 0 aromatic heterocycles. The predicted molar refractivity (Wildman–Crippen MR) is 41.6 cm³/mol. The molecular weight excluding hydrogens is 178 g/mol. The van der Waals surface area contributed by atoms with Crippen molar-refractivity contribution in [3.8, 4) is 0 Å². The van der Waals surface area contributed by atoms with Crippen molar-refractivity contribution in [2.24, 2.45) is 0 Å². The lowest BCUT2D eigenvalue weighted by Gasteiger charge is -2.17. The first-order chi connectivity index (χ1) is 6.06. The molecule has 0 aliphatic carbocycles. The maximum absolute atomic E-state index is 10.6. The number of ether oxygens (including phenoxy) is 1. The summed E-state index contributed by atoms with van der Waals surface area (Å²) >= 11 is 0. The summed E-state index contributed by atoms with van der Waals surface area (Å²) in [5.74, 6) is -0.370. The van der Waals surface area contributed by atoms with Crippen molar-refractivity contribution < 1.29 is 24.9 Å². The second-order valence-corrected chi connectivity index (χ2v) is 2.96. The van der Waals surface area contributed by atoms with E-state index >= 15 is 0 Å². The van der Waals surface area contributed by atoms with Crippen molar-refractivity contribution in [3.05, 3.63) is 0 Å². The molecule has 0 spiro atoms. The second kappa shape index (κ2) is 4.01. The number of amides is 1. The summed E-state index contributed by atoms with van der Waals surface area (Å²) < 4.78 is 4.78. The smallest absolute Gasteiger partial charge is 0.217 e. The molecule has 1 heterocycles. The first-order valence-corrected chi connectivity index (χ1v) is 3.96. The Morgan fingerprint density at radius 2 is 2.15 bits per heavy atom. The summed E-state index contributed by atoms with van der Waals surface area (Å²) in [6, 6.07) is -0.866. The summed E-state index contributed by atoms with van der Waals surface area (Å²) in [7, 11) is 0. The lowest BCUT2D eigenvalue weighted by atomic mass is 10.1. The van der Waals surface area contributed by atoms with Gasteiger partial charge in [0, 0.05) is 6.92 Å². The number of aliphatic hydroxyl groups is 3. The van der Waals surface area contributed by atoms with Gasteiger partial charge in [0.15, 0.2) is 6.29 Å². The number of hydrogen-bond donors (Lipinski definition) is 4. The average Bonchev–Trinajstić information content (AvgIpc) is 2.31. The summed E-state index contributed by atoms with van der Waals surface area (Å²) in [6.45, 7) is 0.875. The number of carbonyl (C=O) groups excluding carboxylic acids is 1. The van der Waals surface area contributed by atoms with Gasteiger partial charge in [0.1, 0.15) is 18.2 Å². The van der Waals surface area contributed by atoms with E-state index in [9.17, 15) is 15.0 Å². The maximum Gasteiger partial charge on any atom is 0.217 e. The third-order valence-electron chi connectivity index (χ3n) is 1.92. The van der Waals surface area contributed by atoms with Crippen molar-refractivity contribution in [1.29, 1.82) is 0 Å². The van der Waals surface area contributed by atoms with Crippen LogP contribution in [0.3, 0.4) is 0 Å². The number of hydrogen-bond acceptors (Lipinski definition) is 5. The number of carbonyl (C=O) groups is 1. The van der Waals surface area contributed by atoms with E-state index in [1.807, 2.05) is 0 Å². The highest BCUT2D eigenvalue weighted by atomic mass is 16.6. The molecule has 1 rings (SSSR count). The number of aliphatic hydroxyl groups excluding tert-OH is 3. The highest BCUT2D eigenvalue weighted by Gasteiger charge is 2.42. The SMILES string of the molecule is CC(=O)N[C@H]1C(O)O[C@H](CO)[C@H]1O. The fourth-order valence-electron chi connectivity index (χ4n) is 1.29. The van der Waals surface area contributed by atoms with Gasteiger partial charge in [0.25, 0.3) is 0 Å². The summed E-state index contributed by atoms with van der Waals surface area (Å²) in [5, 5.41) is 29.6. The molecule has 0 saturated carbocycles. The van der Waals surface area contributed by atoms with Gasteiger partial charge in [-0.25, -0.2) is 0 Å². The average molecular weight is 191 g/mol. The Hall–Kier alpha value is -0.690. The molecule has 1 unspecified atom stereocenters. The van der Waals surface area contributed by atoms with E-state index in [1.165, 1.54) is 6.92 Å². The topological polar surface area (TPSA) is 99.0 Å². The van der Waals surface area contributed by atoms with Crippen LogP contribution in [0.15, 0.2) is 0 Å². The highest BCUT2D eigenvalue weighted by molar-refractivity contribution is 5.73. The molecule has 4 atom stereocenters. The Labute approximate surface area is 75.1 Å². The van der Waals surface area contributed by atoms with Crippen molar-refractivity contribution in [3.63, 3.8) is 0 Å². The van der Waals surface area contributed by atoms with Crippen LogP contribution in [0.25, 0.3) is 0 Å². The van der Waals surface area contributed by atoms with Gasteiger partial charge in [0.2, 0.25) is 5.91 Å². The molecular formula is C7H13NO5. The predicted octanol–water partition coefficient (Wildman–Crippen LogP) is -2.44. The van der Waals surface area contributed by atoms with Gasteiger partial charge in [-0.3, -0.25) is 4.79 Å². The van der Waals surface area contributed by atoms with Crippen molar-refractivity contribution >= 4 is 5.91 Å². The molecule has 0 radical (unpaired) electrons. The van der Waals surface area contributed by atoms with Crippen LogP contribution in [0.4, 0.5) is 0 Å². The van der Waals surface area contributed by atoms with Crippen LogP contribution in [0, 0.1) is 0 Å². The van der Waals surface area contributed by atoms with Crippen LogP contribution in [0.1, 0.15) is 6.92 Å². The Balaban J connectivity index is 2.58. The highest BCUT2D eigenvalue weighted by Crippen LogP contribution is 2.18. The van der Waals surface area contributed by atoms with Crippen LogP contribution in [0.5, 0.6) is 0 Å². The molecule has 6 heteroatoms. The molecule has 1 fully saturated rings. The molecule has 4 N–H and O–H groups in total. The first-order valence-electron chi connectivity index (χ1n) is 3.96. The molecule has 1 saturated heterocycles. The molecule has 0 aromatic rings. The van der Waals surface area contributed by atoms with E-state index in [2.05, 4.69) is 5.32 Å². The molecule has 0 bridgehead atoms. The van der Waals surface area contributed by atoms with E-state index in [0.717, 1.165) is 0 Å². The summed E-state index contributed by atoms with van der Waals surface area (Å²) in [5.41, 5.74) is 0. The van der Waals surface area contributed by atoms with Crippen LogP contribution < -0.4 is 5.32 Å². The van der Waals surface area contributed by atoms with E-state index in [1.54, 1.807) is 0 Å². The molecule has 1 aliphatic rings. The second-order valence-electron chi connectivity index (χ2n) is 2.96. The van der Waals surface area contributed by atoms with Gasteiger partial charge >= 0.3 is 0 Å². The minimum absolute atomic E-state index is 0.370. The van der Waals surface area contributed by atoms with Crippen LogP contribution in [-0.4, -0.2) is 52.4 Å². The van der Waals surface area contributed by atoms with Gasteiger partial charge in [0.05, 0.1) is 6.61 Å². The van der Waals surface area contributed by atoms with Crippen LogP contribution >= 0.6 is 0 Å². The zero-order valence-corrected chi connectivity index (χ0v) is 7.17. The van der Waals surface area contributed by atoms with Gasteiger partial charge in [-0.2, -0.15) is 0 Å². The van der Waals surface area contributed by atoms with Crippen molar-refractivity contribution in [2.75, 3.05) is 6.61 Å². The Bertz CT molecular complexity index is 197. The number of nitrogens with one attached hydrogen (secondary N) is 1. The fourth-order valence-corrected chi connectivity index (χ4v) is 1.29. The molecule has 76 valence electrons. The summed E-state index contributed by atoms with van der Waals surface area (Å²) in [6.07, 6.45) is -3.19. The monoisotopic (exact) mass is 191 g/mol. The zero-order valence-electron chi connectivity index (χ0n) is 7.17. The molecule has 0 aromatic carbocycles. The van der Waals surface area contributed by atoms with Gasteiger partial charge in [-0.15, -0.1) is 0 Å². The van der Waals surface area contributed by atoms with Crippen molar-refractivity contribution in [2.45, 2.75) is 31.5 Å². The van der Waals surface area contributed by atoms with Crippen LogP contribution in [0.2, 0.25) is 0 Å². The summed E-state index contributed by atoms with van der Waals surface area (Å²) in [4.78, 5) is 10.6. The van der Waals surface area contributed by atoms with Gasteiger partial charge in [-0.1, -0.05) is 0 Å². The number of rotatable bonds is 2. The first kappa shape index (κ1) is 10.4. The minimum atomic E-state index is -1.27. The van der Waals surface area contributed by atoms with E-state index in [-0.39, 0.29) is 5.91 Å². The quantitative estimate of drug-likeness (QED) is 0.388. The standard InChI is InChI=1S/C7H13NO5/c1-3(10)8-5-6(11)4(2-9)13-7(5)12/h4-7,9,11-12H,2H2,1H3,(H,8,10)/t4-,5-,6-,7?/m1/s1. The Kier molecular flexibility index (Phi) is 3.21. The lowest BCUT2D eigenvalue weighted by Crippen LogP contribution is -2.47. The third-order valence-corrected chi connectivity index (χ3v) is 1.92. The van der Waals surface area contributed by atoms with Crippen LogP contribution in [-0.2, 0) is 9.53 Å². The molecule has 13 heavy (non-hydrogen) atoms. The van der Waals surface area contributed by atoms with E-state index in [0.29, 0.717) is 0 Å². The zero-order chi connectivity index (χ0) is 10.0. The van der Waals surface area contributed by atoms with Gasteiger partial charge < -0.3 is 25.4 Å². The maximum atomic E-state index is 10.6.